The third kappa shape index (κ3) is 2.19. The molecule has 2 aromatic rings. The number of aromatic nitrogens is 1. The first kappa shape index (κ1) is 14.3. The summed E-state index contributed by atoms with van der Waals surface area (Å²) in [5.74, 6) is 0. The van der Waals surface area contributed by atoms with Crippen LogP contribution in [0.15, 0.2) is 36.5 Å². The van der Waals surface area contributed by atoms with Crippen LogP contribution in [0.1, 0.15) is 49.8 Å². The minimum absolute atomic E-state index is 0.322. The second-order valence-corrected chi connectivity index (χ2v) is 6.53. The molecule has 0 N–H and O–H groups in total. The van der Waals surface area contributed by atoms with Crippen LogP contribution in [0.25, 0.3) is 11.3 Å². The van der Waals surface area contributed by atoms with Crippen molar-refractivity contribution >= 4 is 0 Å². The lowest BCUT2D eigenvalue weighted by molar-refractivity contribution is -0.687. The molecule has 1 heteroatoms. The van der Waals surface area contributed by atoms with Crippen LogP contribution in [0.4, 0.5) is 0 Å². The molecule has 21 heavy (non-hydrogen) atoms. The summed E-state index contributed by atoms with van der Waals surface area (Å²) in [5, 5.41) is 0. The minimum atomic E-state index is 0.322. The number of rotatable bonds is 2. The molecule has 1 aliphatic rings. The molecular formula is C20H26N+. The number of hydrogen-bond donors (Lipinski definition) is 0. The smallest absolute Gasteiger partial charge is 0.198 e. The van der Waals surface area contributed by atoms with Gasteiger partial charge in [0.25, 0.3) is 0 Å². The van der Waals surface area contributed by atoms with Gasteiger partial charge in [0.15, 0.2) is 6.20 Å². The van der Waals surface area contributed by atoms with Crippen molar-refractivity contribution in [3.05, 3.63) is 53.2 Å². The second kappa shape index (κ2) is 5.29. The summed E-state index contributed by atoms with van der Waals surface area (Å²) in [7, 11) is 0. The zero-order valence-corrected chi connectivity index (χ0v) is 13.7. The van der Waals surface area contributed by atoms with E-state index in [4.69, 9.17) is 0 Å². The molecule has 0 fully saturated rings. The second-order valence-electron chi connectivity index (χ2n) is 6.53. The molecule has 0 saturated heterocycles. The fourth-order valence-electron chi connectivity index (χ4n) is 4.13. The van der Waals surface area contributed by atoms with Gasteiger partial charge in [-0.2, -0.15) is 4.57 Å². The molecule has 0 aliphatic carbocycles. The van der Waals surface area contributed by atoms with E-state index in [1.54, 1.807) is 5.56 Å². The van der Waals surface area contributed by atoms with Gasteiger partial charge in [-0.25, -0.2) is 0 Å². The van der Waals surface area contributed by atoms with Crippen molar-refractivity contribution in [1.82, 2.24) is 0 Å². The van der Waals surface area contributed by atoms with E-state index in [1.807, 2.05) is 0 Å². The van der Waals surface area contributed by atoms with Gasteiger partial charge in [0, 0.05) is 23.0 Å². The Balaban J connectivity index is 2.33. The summed E-state index contributed by atoms with van der Waals surface area (Å²) in [5.41, 5.74) is 7.48. The highest BCUT2D eigenvalue weighted by atomic mass is 15.0. The van der Waals surface area contributed by atoms with Crippen LogP contribution >= 0.6 is 0 Å². The Morgan fingerprint density at radius 1 is 1.10 bits per heavy atom. The van der Waals surface area contributed by atoms with Crippen molar-refractivity contribution in [2.45, 2.75) is 58.9 Å². The summed E-state index contributed by atoms with van der Waals surface area (Å²) in [6.45, 7) is 10.3. The van der Waals surface area contributed by atoms with Crippen LogP contribution in [0.2, 0.25) is 0 Å². The summed E-state index contributed by atoms with van der Waals surface area (Å²) < 4.78 is 2.48. The number of pyridine rings is 1. The summed E-state index contributed by atoms with van der Waals surface area (Å²) in [4.78, 5) is 0. The molecule has 3 rings (SSSR count). The van der Waals surface area contributed by atoms with Crippen LogP contribution in [-0.4, -0.2) is 0 Å². The van der Waals surface area contributed by atoms with Gasteiger partial charge in [-0.1, -0.05) is 32.0 Å². The summed E-state index contributed by atoms with van der Waals surface area (Å²) >= 11 is 0. The zero-order chi connectivity index (χ0) is 15.0. The molecule has 0 bridgehead atoms. The largest absolute Gasteiger partial charge is 0.215 e. The highest BCUT2D eigenvalue weighted by molar-refractivity contribution is 5.66. The average Bonchev–Trinajstić information content (AvgIpc) is 2.62. The maximum atomic E-state index is 2.48. The molecule has 0 atom stereocenters. The van der Waals surface area contributed by atoms with E-state index < -0.39 is 0 Å². The first-order valence-corrected chi connectivity index (χ1v) is 8.22. The summed E-state index contributed by atoms with van der Waals surface area (Å²) in [6, 6.07) is 11.4. The molecule has 110 valence electrons. The Kier molecular flexibility index (Phi) is 3.61. The monoisotopic (exact) mass is 280 g/mol. The Morgan fingerprint density at radius 3 is 2.52 bits per heavy atom. The number of aryl methyl sites for hydroxylation is 3. The van der Waals surface area contributed by atoms with E-state index in [0.29, 0.717) is 5.41 Å². The van der Waals surface area contributed by atoms with Gasteiger partial charge in [-0.15, -0.1) is 0 Å². The van der Waals surface area contributed by atoms with Gasteiger partial charge in [0.2, 0.25) is 5.69 Å². The molecule has 2 heterocycles. The van der Waals surface area contributed by atoms with Gasteiger partial charge in [0.1, 0.15) is 6.54 Å². The Labute approximate surface area is 128 Å². The van der Waals surface area contributed by atoms with Gasteiger partial charge in [-0.3, -0.25) is 0 Å². The maximum absolute atomic E-state index is 2.48. The number of benzene rings is 1. The Hall–Kier alpha value is -1.63. The van der Waals surface area contributed by atoms with E-state index >= 15 is 0 Å². The van der Waals surface area contributed by atoms with Crippen LogP contribution < -0.4 is 4.57 Å². The van der Waals surface area contributed by atoms with Crippen molar-refractivity contribution in [1.29, 1.82) is 0 Å². The molecule has 1 nitrogen and oxygen atoms in total. The first-order chi connectivity index (χ1) is 10.1. The van der Waals surface area contributed by atoms with Crippen molar-refractivity contribution in [2.24, 2.45) is 0 Å². The topological polar surface area (TPSA) is 3.88 Å². The van der Waals surface area contributed by atoms with Crippen LogP contribution in [0, 0.1) is 13.8 Å². The molecular weight excluding hydrogens is 254 g/mol. The zero-order valence-electron chi connectivity index (χ0n) is 13.7. The number of hydrogen-bond acceptors (Lipinski definition) is 0. The van der Waals surface area contributed by atoms with E-state index in [2.05, 4.69) is 68.8 Å². The molecule has 0 radical (unpaired) electrons. The standard InChI is InChI=1S/C20H26N/c1-5-20(6-2)11-12-21-14-15(3)13-16(4)19(21)17-9-7-8-10-18(17)20/h7-10,13-14H,5-6,11-12H2,1-4H3/q+1. The molecule has 1 aromatic carbocycles. The average molecular weight is 280 g/mol. The van der Waals surface area contributed by atoms with Gasteiger partial charge >= 0.3 is 0 Å². The molecule has 0 spiro atoms. The lowest BCUT2D eigenvalue weighted by Crippen LogP contribution is -2.38. The van der Waals surface area contributed by atoms with E-state index in [9.17, 15) is 0 Å². The van der Waals surface area contributed by atoms with E-state index in [0.717, 1.165) is 6.54 Å². The fraction of sp³-hybridized carbons (Fsp3) is 0.450. The van der Waals surface area contributed by atoms with Crippen molar-refractivity contribution in [3.8, 4) is 11.3 Å². The molecule has 0 amide bonds. The predicted molar refractivity (Wildman–Crippen MR) is 88.4 cm³/mol. The molecule has 0 unspecified atom stereocenters. The number of fused-ring (bicyclic) bond motifs is 3. The lowest BCUT2D eigenvalue weighted by atomic mass is 9.72. The molecule has 1 aliphatic heterocycles. The van der Waals surface area contributed by atoms with Gasteiger partial charge < -0.3 is 0 Å². The Bertz CT molecular complexity index is 666. The van der Waals surface area contributed by atoms with Crippen molar-refractivity contribution in [3.63, 3.8) is 0 Å². The van der Waals surface area contributed by atoms with Gasteiger partial charge in [0.05, 0.1) is 5.56 Å². The van der Waals surface area contributed by atoms with Crippen molar-refractivity contribution < 1.29 is 4.57 Å². The van der Waals surface area contributed by atoms with Crippen LogP contribution in [0.3, 0.4) is 0 Å². The van der Waals surface area contributed by atoms with E-state index in [-0.39, 0.29) is 0 Å². The quantitative estimate of drug-likeness (QED) is 0.701. The lowest BCUT2D eigenvalue weighted by Gasteiger charge is -2.31. The Morgan fingerprint density at radius 2 is 1.81 bits per heavy atom. The molecule has 1 aromatic heterocycles. The third-order valence-electron chi connectivity index (χ3n) is 5.40. The highest BCUT2D eigenvalue weighted by Crippen LogP contribution is 2.42. The molecule has 0 saturated carbocycles. The SMILES string of the molecule is CCC1(CC)CC[n+]2cc(C)cc(C)c2-c2ccccc21. The fourth-order valence-corrected chi connectivity index (χ4v) is 4.13. The normalized spacial score (nSPS) is 16.0. The highest BCUT2D eigenvalue weighted by Gasteiger charge is 2.37. The van der Waals surface area contributed by atoms with E-state index in [1.165, 1.54) is 41.6 Å². The van der Waals surface area contributed by atoms with Crippen molar-refractivity contribution in [2.75, 3.05) is 0 Å². The van der Waals surface area contributed by atoms with Crippen LogP contribution in [0.5, 0.6) is 0 Å². The minimum Gasteiger partial charge on any atom is -0.198 e. The number of nitrogens with zero attached hydrogens (tertiary/aromatic N) is 1. The maximum Gasteiger partial charge on any atom is 0.215 e. The first-order valence-electron chi connectivity index (χ1n) is 8.22. The summed E-state index contributed by atoms with van der Waals surface area (Å²) in [6.07, 6.45) is 5.98. The third-order valence-corrected chi connectivity index (χ3v) is 5.40. The van der Waals surface area contributed by atoms with Crippen LogP contribution in [-0.2, 0) is 12.0 Å². The predicted octanol–water partition coefficient (Wildman–Crippen LogP) is 4.72. The van der Waals surface area contributed by atoms with Gasteiger partial charge in [-0.05, 0) is 44.4 Å².